The summed E-state index contributed by atoms with van der Waals surface area (Å²) in [5, 5.41) is 4.67. The van der Waals surface area contributed by atoms with E-state index in [1.54, 1.807) is 29.2 Å². The van der Waals surface area contributed by atoms with E-state index in [0.29, 0.717) is 16.5 Å². The third-order valence-electron chi connectivity index (χ3n) is 2.71. The Kier molecular flexibility index (Phi) is 3.26. The fourth-order valence-corrected chi connectivity index (χ4v) is 1.87. The molecule has 0 aliphatic rings. The number of para-hydroxylation sites is 2. The minimum atomic E-state index is 0.211. The Labute approximate surface area is 120 Å². The van der Waals surface area contributed by atoms with Crippen LogP contribution in [0.3, 0.4) is 0 Å². The molecule has 0 bridgehead atoms. The Morgan fingerprint density at radius 2 is 1.85 bits per heavy atom. The molecule has 0 aliphatic carbocycles. The first-order valence-corrected chi connectivity index (χ1v) is 6.31. The van der Waals surface area contributed by atoms with Gasteiger partial charge in [-0.15, -0.1) is 5.10 Å². The van der Waals surface area contributed by atoms with Crippen molar-refractivity contribution in [2.75, 3.05) is 5.73 Å². The van der Waals surface area contributed by atoms with Gasteiger partial charge in [-0.3, -0.25) is 0 Å². The molecule has 0 unspecified atom stereocenters. The minimum absolute atomic E-state index is 0.211. The van der Waals surface area contributed by atoms with Gasteiger partial charge in [-0.25, -0.2) is 4.68 Å². The van der Waals surface area contributed by atoms with E-state index in [2.05, 4.69) is 10.1 Å². The average Bonchev–Trinajstić information content (AvgIpc) is 2.93. The van der Waals surface area contributed by atoms with Crippen molar-refractivity contribution >= 4 is 17.3 Å². The van der Waals surface area contributed by atoms with Gasteiger partial charge in [-0.1, -0.05) is 35.9 Å². The summed E-state index contributed by atoms with van der Waals surface area (Å²) < 4.78 is 7.16. The van der Waals surface area contributed by atoms with Crippen LogP contribution in [0.2, 0.25) is 5.02 Å². The van der Waals surface area contributed by atoms with Crippen LogP contribution in [0.25, 0.3) is 5.69 Å². The van der Waals surface area contributed by atoms with Crippen molar-refractivity contribution in [1.82, 2.24) is 14.8 Å². The van der Waals surface area contributed by atoms with E-state index in [0.717, 1.165) is 5.69 Å². The molecule has 3 aromatic rings. The topological polar surface area (TPSA) is 66.0 Å². The first kappa shape index (κ1) is 12.5. The van der Waals surface area contributed by atoms with Crippen molar-refractivity contribution in [1.29, 1.82) is 0 Å². The molecule has 3 rings (SSSR count). The molecule has 0 saturated heterocycles. The van der Waals surface area contributed by atoms with Crippen LogP contribution in [0.5, 0.6) is 11.8 Å². The second-order valence-electron chi connectivity index (χ2n) is 4.06. The highest BCUT2D eigenvalue weighted by atomic mass is 35.5. The standard InChI is InChI=1S/C14H11ClN4O/c15-11-7-4-8-12(13(11)16)20-14-17-9-19(18-14)10-5-2-1-3-6-10/h1-9H,16H2. The number of nitrogens with zero attached hydrogens (tertiary/aromatic N) is 3. The van der Waals surface area contributed by atoms with E-state index in [1.165, 1.54) is 0 Å². The summed E-state index contributed by atoms with van der Waals surface area (Å²) in [6.45, 7) is 0. The molecule has 0 aliphatic heterocycles. The Balaban J connectivity index is 1.86. The molecule has 1 heterocycles. The van der Waals surface area contributed by atoms with Crippen molar-refractivity contribution in [2.45, 2.75) is 0 Å². The van der Waals surface area contributed by atoms with Crippen molar-refractivity contribution in [3.05, 3.63) is 59.9 Å². The summed E-state index contributed by atoms with van der Waals surface area (Å²) in [7, 11) is 0. The van der Waals surface area contributed by atoms with Crippen molar-refractivity contribution in [2.24, 2.45) is 0 Å². The summed E-state index contributed by atoms with van der Waals surface area (Å²) in [4.78, 5) is 4.09. The lowest BCUT2D eigenvalue weighted by Gasteiger charge is -2.05. The SMILES string of the molecule is Nc1c(Cl)cccc1Oc1ncn(-c2ccccc2)n1. The van der Waals surface area contributed by atoms with Gasteiger partial charge in [0.1, 0.15) is 6.33 Å². The molecule has 100 valence electrons. The maximum absolute atomic E-state index is 5.93. The molecule has 20 heavy (non-hydrogen) atoms. The molecule has 2 N–H and O–H groups in total. The molecule has 0 saturated carbocycles. The maximum atomic E-state index is 5.93. The monoisotopic (exact) mass is 286 g/mol. The number of benzene rings is 2. The van der Waals surface area contributed by atoms with Gasteiger partial charge in [-0.05, 0) is 24.3 Å². The summed E-state index contributed by atoms with van der Waals surface area (Å²) in [5.74, 6) is 0.434. The van der Waals surface area contributed by atoms with Gasteiger partial charge in [0.05, 0.1) is 16.4 Å². The zero-order valence-corrected chi connectivity index (χ0v) is 11.2. The fourth-order valence-electron chi connectivity index (χ4n) is 1.70. The van der Waals surface area contributed by atoms with Gasteiger partial charge in [0.15, 0.2) is 5.75 Å². The third kappa shape index (κ3) is 2.44. The number of aromatic nitrogens is 3. The summed E-state index contributed by atoms with van der Waals surface area (Å²) in [6, 6.07) is 15.0. The highest BCUT2D eigenvalue weighted by molar-refractivity contribution is 6.33. The van der Waals surface area contributed by atoms with E-state index >= 15 is 0 Å². The molecular formula is C14H11ClN4O. The number of rotatable bonds is 3. The predicted molar refractivity (Wildman–Crippen MR) is 77.3 cm³/mol. The van der Waals surface area contributed by atoms with Crippen molar-refractivity contribution in [3.63, 3.8) is 0 Å². The lowest BCUT2D eigenvalue weighted by Crippen LogP contribution is -1.96. The largest absolute Gasteiger partial charge is 0.421 e. The summed E-state index contributed by atoms with van der Waals surface area (Å²) in [6.07, 6.45) is 1.57. The fraction of sp³-hybridized carbons (Fsp3) is 0. The minimum Gasteiger partial charge on any atom is -0.421 e. The molecule has 0 atom stereocenters. The van der Waals surface area contributed by atoms with Crippen LogP contribution >= 0.6 is 11.6 Å². The van der Waals surface area contributed by atoms with Crippen LogP contribution in [0.15, 0.2) is 54.9 Å². The van der Waals surface area contributed by atoms with Gasteiger partial charge >= 0.3 is 6.01 Å². The van der Waals surface area contributed by atoms with Crippen LogP contribution in [0.1, 0.15) is 0 Å². The molecule has 2 aromatic carbocycles. The van der Waals surface area contributed by atoms with E-state index in [9.17, 15) is 0 Å². The normalized spacial score (nSPS) is 10.4. The number of anilines is 1. The van der Waals surface area contributed by atoms with Gasteiger partial charge in [-0.2, -0.15) is 4.98 Å². The maximum Gasteiger partial charge on any atom is 0.341 e. The molecular weight excluding hydrogens is 276 g/mol. The smallest absolute Gasteiger partial charge is 0.341 e. The highest BCUT2D eigenvalue weighted by Gasteiger charge is 2.09. The second kappa shape index (κ2) is 5.22. The number of nitrogens with two attached hydrogens (primary N) is 1. The molecule has 0 spiro atoms. The van der Waals surface area contributed by atoms with E-state index in [1.807, 2.05) is 30.3 Å². The molecule has 0 radical (unpaired) electrons. The van der Waals surface area contributed by atoms with E-state index < -0.39 is 0 Å². The Bertz CT molecular complexity index is 727. The lowest BCUT2D eigenvalue weighted by molar-refractivity contribution is 0.443. The zero-order chi connectivity index (χ0) is 13.9. The van der Waals surface area contributed by atoms with Crippen LogP contribution in [-0.2, 0) is 0 Å². The summed E-state index contributed by atoms with van der Waals surface area (Å²) >= 11 is 5.93. The average molecular weight is 287 g/mol. The molecule has 1 aromatic heterocycles. The first-order valence-electron chi connectivity index (χ1n) is 5.93. The Morgan fingerprint density at radius 3 is 2.65 bits per heavy atom. The van der Waals surface area contributed by atoms with Crippen LogP contribution in [0.4, 0.5) is 5.69 Å². The molecule has 0 amide bonds. The predicted octanol–water partition coefficient (Wildman–Crippen LogP) is 3.30. The number of ether oxygens (including phenoxy) is 1. The zero-order valence-electron chi connectivity index (χ0n) is 10.4. The van der Waals surface area contributed by atoms with E-state index in [-0.39, 0.29) is 6.01 Å². The molecule has 6 heteroatoms. The highest BCUT2D eigenvalue weighted by Crippen LogP contribution is 2.31. The lowest BCUT2D eigenvalue weighted by atomic mass is 10.3. The van der Waals surface area contributed by atoms with Gasteiger partial charge in [0, 0.05) is 0 Å². The Morgan fingerprint density at radius 1 is 1.05 bits per heavy atom. The van der Waals surface area contributed by atoms with Crippen LogP contribution in [0, 0.1) is 0 Å². The number of hydrogen-bond acceptors (Lipinski definition) is 4. The van der Waals surface area contributed by atoms with Gasteiger partial charge < -0.3 is 10.5 Å². The van der Waals surface area contributed by atoms with Gasteiger partial charge in [0.2, 0.25) is 0 Å². The van der Waals surface area contributed by atoms with Crippen molar-refractivity contribution < 1.29 is 4.74 Å². The van der Waals surface area contributed by atoms with E-state index in [4.69, 9.17) is 22.1 Å². The molecule has 5 nitrogen and oxygen atoms in total. The third-order valence-corrected chi connectivity index (χ3v) is 3.04. The summed E-state index contributed by atoms with van der Waals surface area (Å²) in [5.41, 5.74) is 7.09. The second-order valence-corrected chi connectivity index (χ2v) is 4.47. The van der Waals surface area contributed by atoms with Crippen LogP contribution < -0.4 is 10.5 Å². The van der Waals surface area contributed by atoms with Gasteiger partial charge in [0.25, 0.3) is 0 Å². The number of halogens is 1. The number of hydrogen-bond donors (Lipinski definition) is 1. The van der Waals surface area contributed by atoms with Crippen molar-refractivity contribution in [3.8, 4) is 17.4 Å². The Hall–Kier alpha value is -2.53. The quantitative estimate of drug-likeness (QED) is 0.750. The van der Waals surface area contributed by atoms with Crippen LogP contribution in [-0.4, -0.2) is 14.8 Å². The first-order chi connectivity index (χ1) is 9.74. The molecule has 0 fully saturated rings. The number of nitrogen functional groups attached to an aromatic ring is 1.